The Balaban J connectivity index is 2.36. The van der Waals surface area contributed by atoms with Crippen molar-refractivity contribution in [1.82, 2.24) is 4.90 Å². The molecule has 0 fully saturated rings. The molecule has 0 aliphatic heterocycles. The number of benzene rings is 1. The lowest BCUT2D eigenvalue weighted by Gasteiger charge is -2.15. The molecule has 3 rings (SSSR count). The normalized spacial score (nSPS) is 13.5. The number of hydrogen-bond acceptors (Lipinski definition) is 4. The number of furan rings is 1. The summed E-state index contributed by atoms with van der Waals surface area (Å²) in [5.41, 5.74) is -1.68. The number of alkyl halides is 3. The number of carbonyl (C=O) groups is 3. The highest BCUT2D eigenvalue weighted by Gasteiger charge is 2.47. The topological polar surface area (TPSA) is 67.6 Å². The van der Waals surface area contributed by atoms with Gasteiger partial charge in [-0.1, -0.05) is 24.3 Å². The quantitative estimate of drug-likeness (QED) is 0.685. The van der Waals surface area contributed by atoms with Crippen molar-refractivity contribution in [1.29, 1.82) is 0 Å². The molecular weight excluding hydrogens is 327 g/mol. The first-order valence-electron chi connectivity index (χ1n) is 6.78. The maximum atomic E-state index is 13.3. The third kappa shape index (κ3) is 2.14. The van der Waals surface area contributed by atoms with Gasteiger partial charge in [-0.05, 0) is 0 Å². The van der Waals surface area contributed by atoms with Crippen molar-refractivity contribution in [3.8, 4) is 0 Å². The molecule has 0 saturated carbocycles. The first-order valence-corrected chi connectivity index (χ1v) is 6.78. The fourth-order valence-corrected chi connectivity index (χ4v) is 2.57. The summed E-state index contributed by atoms with van der Waals surface area (Å²) in [6.07, 6.45) is -5.02. The van der Waals surface area contributed by atoms with Gasteiger partial charge in [0.1, 0.15) is 5.56 Å². The van der Waals surface area contributed by atoms with Crippen LogP contribution in [0.3, 0.4) is 0 Å². The van der Waals surface area contributed by atoms with Crippen LogP contribution in [0.15, 0.2) is 28.7 Å². The maximum absolute atomic E-state index is 13.3. The SMILES string of the molecule is CN(C)C(=O)c1c(C(F)(F)F)oc2c1C(=O)c1ccccc1C2=O. The number of ketones is 2. The monoisotopic (exact) mass is 337 g/mol. The smallest absolute Gasteiger partial charge is 0.446 e. The average molecular weight is 337 g/mol. The van der Waals surface area contributed by atoms with Gasteiger partial charge in [0, 0.05) is 25.2 Å². The Hall–Kier alpha value is -2.90. The molecule has 1 aliphatic rings. The van der Waals surface area contributed by atoms with Gasteiger partial charge in [-0.25, -0.2) is 0 Å². The van der Waals surface area contributed by atoms with Gasteiger partial charge in [-0.15, -0.1) is 0 Å². The summed E-state index contributed by atoms with van der Waals surface area (Å²) in [6.45, 7) is 0. The van der Waals surface area contributed by atoms with Crippen molar-refractivity contribution in [2.24, 2.45) is 0 Å². The number of carbonyl (C=O) groups excluding carboxylic acids is 3. The van der Waals surface area contributed by atoms with Crippen LogP contribution in [0.2, 0.25) is 0 Å². The van der Waals surface area contributed by atoms with E-state index in [0.29, 0.717) is 0 Å². The van der Waals surface area contributed by atoms with Crippen molar-refractivity contribution in [2.45, 2.75) is 6.18 Å². The molecule has 8 heteroatoms. The van der Waals surface area contributed by atoms with Crippen molar-refractivity contribution in [3.63, 3.8) is 0 Å². The molecule has 0 unspecified atom stereocenters. The van der Waals surface area contributed by atoms with E-state index in [4.69, 9.17) is 0 Å². The van der Waals surface area contributed by atoms with Gasteiger partial charge in [-0.3, -0.25) is 14.4 Å². The van der Waals surface area contributed by atoms with Crippen LogP contribution in [0.5, 0.6) is 0 Å². The first-order chi connectivity index (χ1) is 11.1. The van der Waals surface area contributed by atoms with Crippen molar-refractivity contribution in [3.05, 3.63) is 58.0 Å². The van der Waals surface area contributed by atoms with E-state index in [1.165, 1.54) is 38.4 Å². The number of hydrogen-bond donors (Lipinski definition) is 0. The lowest BCUT2D eigenvalue weighted by atomic mass is 9.86. The molecule has 1 aliphatic carbocycles. The van der Waals surface area contributed by atoms with E-state index in [1.54, 1.807) is 0 Å². The van der Waals surface area contributed by atoms with E-state index in [-0.39, 0.29) is 11.1 Å². The minimum atomic E-state index is -5.02. The first kappa shape index (κ1) is 16.0. The number of nitrogens with zero attached hydrogens (tertiary/aromatic N) is 1. The summed E-state index contributed by atoms with van der Waals surface area (Å²) in [5, 5.41) is 0. The van der Waals surface area contributed by atoms with Gasteiger partial charge >= 0.3 is 6.18 Å². The minimum absolute atomic E-state index is 0.0543. The van der Waals surface area contributed by atoms with Crippen molar-refractivity contribution < 1.29 is 32.0 Å². The van der Waals surface area contributed by atoms with Crippen LogP contribution in [-0.4, -0.2) is 36.5 Å². The Labute approximate surface area is 133 Å². The van der Waals surface area contributed by atoms with Crippen LogP contribution >= 0.6 is 0 Å². The van der Waals surface area contributed by atoms with Crippen LogP contribution < -0.4 is 0 Å². The summed E-state index contributed by atoms with van der Waals surface area (Å²) in [4.78, 5) is 38.1. The van der Waals surface area contributed by atoms with E-state index in [1.807, 2.05) is 0 Å². The zero-order valence-corrected chi connectivity index (χ0v) is 12.5. The summed E-state index contributed by atoms with van der Waals surface area (Å²) < 4.78 is 44.4. The largest absolute Gasteiger partial charge is 0.450 e. The molecule has 0 radical (unpaired) electrons. The summed E-state index contributed by atoms with van der Waals surface area (Å²) in [5.74, 6) is -5.15. The molecule has 2 aromatic rings. The van der Waals surface area contributed by atoms with Crippen molar-refractivity contribution >= 4 is 17.5 Å². The summed E-state index contributed by atoms with van der Waals surface area (Å²) in [7, 11) is 2.48. The Kier molecular flexibility index (Phi) is 3.36. The lowest BCUT2D eigenvalue weighted by Crippen LogP contribution is -2.28. The minimum Gasteiger partial charge on any atom is -0.446 e. The lowest BCUT2D eigenvalue weighted by molar-refractivity contribution is -0.153. The number of amides is 1. The Bertz CT molecular complexity index is 893. The molecule has 0 bridgehead atoms. The average Bonchev–Trinajstić information content (AvgIpc) is 2.92. The van der Waals surface area contributed by atoms with E-state index in [2.05, 4.69) is 4.42 Å². The predicted octanol–water partition coefficient (Wildman–Crippen LogP) is 2.78. The number of halogens is 3. The van der Waals surface area contributed by atoms with Gasteiger partial charge in [0.05, 0.1) is 5.56 Å². The molecule has 1 aromatic heterocycles. The van der Waals surface area contributed by atoms with Gasteiger partial charge in [-0.2, -0.15) is 13.2 Å². The second kappa shape index (κ2) is 5.05. The van der Waals surface area contributed by atoms with Gasteiger partial charge < -0.3 is 9.32 Å². The van der Waals surface area contributed by atoms with Crippen LogP contribution in [-0.2, 0) is 6.18 Å². The van der Waals surface area contributed by atoms with Crippen molar-refractivity contribution in [2.75, 3.05) is 14.1 Å². The fourth-order valence-electron chi connectivity index (χ4n) is 2.57. The Morgan fingerprint density at radius 1 is 1.04 bits per heavy atom. The van der Waals surface area contributed by atoms with Crippen LogP contribution in [0.1, 0.15) is 48.2 Å². The highest BCUT2D eigenvalue weighted by atomic mass is 19.4. The molecule has 0 atom stereocenters. The number of fused-ring (bicyclic) bond motifs is 2. The van der Waals surface area contributed by atoms with E-state index in [9.17, 15) is 27.6 Å². The van der Waals surface area contributed by atoms with Crippen LogP contribution in [0, 0.1) is 0 Å². The van der Waals surface area contributed by atoms with Crippen LogP contribution in [0.4, 0.5) is 13.2 Å². The van der Waals surface area contributed by atoms with Crippen LogP contribution in [0.25, 0.3) is 0 Å². The maximum Gasteiger partial charge on any atom is 0.450 e. The molecule has 0 spiro atoms. The molecule has 1 amide bonds. The fraction of sp³-hybridized carbons (Fsp3) is 0.188. The third-order valence-electron chi connectivity index (χ3n) is 3.64. The molecule has 24 heavy (non-hydrogen) atoms. The molecule has 1 heterocycles. The standard InChI is InChI=1S/C16H10F3NO4/c1-20(2)15(23)10-9-11(21)7-5-3-4-6-8(7)12(22)13(9)24-14(10)16(17,18)19/h3-6H,1-2H3. The second-order valence-corrected chi connectivity index (χ2v) is 5.41. The highest BCUT2D eigenvalue weighted by Crippen LogP contribution is 2.41. The molecule has 5 nitrogen and oxygen atoms in total. The summed E-state index contributed by atoms with van der Waals surface area (Å²) in [6, 6.07) is 5.60. The zero-order chi connectivity index (χ0) is 17.8. The second-order valence-electron chi connectivity index (χ2n) is 5.41. The van der Waals surface area contributed by atoms with Gasteiger partial charge in [0.25, 0.3) is 5.91 Å². The van der Waals surface area contributed by atoms with Gasteiger partial charge in [0.15, 0.2) is 11.5 Å². The zero-order valence-electron chi connectivity index (χ0n) is 12.5. The predicted molar refractivity (Wildman–Crippen MR) is 75.0 cm³/mol. The van der Waals surface area contributed by atoms with E-state index in [0.717, 1.165) is 4.90 Å². The molecule has 0 N–H and O–H groups in total. The molecule has 1 aromatic carbocycles. The molecular formula is C16H10F3NO4. The number of rotatable bonds is 1. The molecule has 0 saturated heterocycles. The van der Waals surface area contributed by atoms with E-state index < -0.39 is 46.3 Å². The van der Waals surface area contributed by atoms with Gasteiger partial charge in [0.2, 0.25) is 11.5 Å². The Morgan fingerprint density at radius 2 is 1.58 bits per heavy atom. The van der Waals surface area contributed by atoms with E-state index >= 15 is 0 Å². The highest BCUT2D eigenvalue weighted by molar-refractivity contribution is 6.30. The summed E-state index contributed by atoms with van der Waals surface area (Å²) >= 11 is 0. The third-order valence-corrected chi connectivity index (χ3v) is 3.64. The molecule has 124 valence electrons. The Morgan fingerprint density at radius 3 is 2.08 bits per heavy atom.